The molecule has 0 aliphatic rings. The monoisotopic (exact) mass is 453 g/mol. The molecule has 1 heterocycles. The number of nitrogens with zero attached hydrogens (tertiary/aromatic N) is 2. The first-order chi connectivity index (χ1) is 13.5. The molecular formula is C19H20ClN3O4S2. The number of amides is 1. The van der Waals surface area contributed by atoms with Crippen molar-refractivity contribution in [2.45, 2.75) is 19.9 Å². The summed E-state index contributed by atoms with van der Waals surface area (Å²) in [6, 6.07) is 9.73. The summed E-state index contributed by atoms with van der Waals surface area (Å²) in [5, 5.41) is 2.90. The van der Waals surface area contributed by atoms with Crippen LogP contribution in [0.4, 0.5) is 11.4 Å². The highest BCUT2D eigenvalue weighted by molar-refractivity contribution is 7.92. The number of carbonyl (C=O) groups is 1. The Hall–Kier alpha value is -2.36. The number of anilines is 2. The van der Waals surface area contributed by atoms with Gasteiger partial charge in [0.25, 0.3) is 5.91 Å². The molecule has 3 aromatic rings. The van der Waals surface area contributed by atoms with Crippen molar-refractivity contribution in [2.75, 3.05) is 22.9 Å². The number of fused-ring (bicyclic) bond motifs is 1. The first kappa shape index (κ1) is 21.4. The molecule has 2 aromatic carbocycles. The van der Waals surface area contributed by atoms with E-state index in [-0.39, 0.29) is 21.5 Å². The Kier molecular flexibility index (Phi) is 5.75. The van der Waals surface area contributed by atoms with Crippen LogP contribution in [0, 0.1) is 0 Å². The first-order valence-electron chi connectivity index (χ1n) is 8.69. The Morgan fingerprint density at radius 1 is 1.21 bits per heavy atom. The van der Waals surface area contributed by atoms with Crippen LogP contribution >= 0.6 is 22.9 Å². The predicted molar refractivity (Wildman–Crippen MR) is 119 cm³/mol. The van der Waals surface area contributed by atoms with Crippen LogP contribution in [0.25, 0.3) is 10.2 Å². The molecule has 0 atom stereocenters. The van der Waals surface area contributed by atoms with E-state index in [0.29, 0.717) is 11.4 Å². The molecule has 0 bridgehead atoms. The zero-order chi connectivity index (χ0) is 21.5. The topological polar surface area (TPSA) is 88.5 Å². The number of benzene rings is 2. The van der Waals surface area contributed by atoms with Crippen LogP contribution in [0.1, 0.15) is 30.2 Å². The Morgan fingerprint density at radius 2 is 1.90 bits per heavy atom. The second kappa shape index (κ2) is 7.81. The Labute approximate surface area is 177 Å². The van der Waals surface area contributed by atoms with E-state index in [1.807, 2.05) is 13.8 Å². The maximum absolute atomic E-state index is 12.6. The van der Waals surface area contributed by atoms with Crippen LogP contribution in [-0.2, 0) is 10.0 Å². The molecule has 0 aliphatic heterocycles. The summed E-state index contributed by atoms with van der Waals surface area (Å²) in [6.45, 7) is 3.88. The van der Waals surface area contributed by atoms with Gasteiger partial charge in [-0.25, -0.2) is 8.42 Å². The highest BCUT2D eigenvalue weighted by Crippen LogP contribution is 2.27. The van der Waals surface area contributed by atoms with Crippen molar-refractivity contribution in [1.82, 2.24) is 4.57 Å². The molecule has 1 N–H and O–H groups in total. The van der Waals surface area contributed by atoms with Crippen LogP contribution in [0.2, 0.25) is 5.02 Å². The number of thiazole rings is 1. The van der Waals surface area contributed by atoms with E-state index in [0.717, 1.165) is 32.1 Å². The van der Waals surface area contributed by atoms with Gasteiger partial charge in [-0.1, -0.05) is 22.9 Å². The Morgan fingerprint density at radius 3 is 2.48 bits per heavy atom. The van der Waals surface area contributed by atoms with E-state index in [1.54, 1.807) is 22.8 Å². The average Bonchev–Trinajstić information content (AvgIpc) is 2.95. The minimum absolute atomic E-state index is 0.0408. The number of carbonyl (C=O) groups excluding carboxylic acids is 1. The zero-order valence-electron chi connectivity index (χ0n) is 16.3. The molecule has 0 aliphatic carbocycles. The molecule has 29 heavy (non-hydrogen) atoms. The highest BCUT2D eigenvalue weighted by atomic mass is 35.5. The van der Waals surface area contributed by atoms with Crippen molar-refractivity contribution >= 4 is 60.5 Å². The molecular weight excluding hydrogens is 434 g/mol. The largest absolute Gasteiger partial charge is 0.322 e. The summed E-state index contributed by atoms with van der Waals surface area (Å²) < 4.78 is 26.9. The maximum Gasteiger partial charge on any atom is 0.308 e. The van der Waals surface area contributed by atoms with Crippen LogP contribution in [0.15, 0.2) is 41.2 Å². The standard InChI is InChI=1S/C19H20ClN3O4S2/c1-11(2)23-16-8-5-12(9-17(16)28-19(23)25)21-18(24)14-7-6-13(10-15(14)20)22(3)29(4,26)27/h5-11H,1-4H3,(H,21,24). The Bertz CT molecular complexity index is 1260. The fraction of sp³-hybridized carbons (Fsp3) is 0.263. The van der Waals surface area contributed by atoms with Crippen LogP contribution in [0.5, 0.6) is 0 Å². The molecule has 7 nitrogen and oxygen atoms in total. The number of aromatic nitrogens is 1. The molecule has 1 amide bonds. The van der Waals surface area contributed by atoms with Crippen molar-refractivity contribution < 1.29 is 13.2 Å². The summed E-state index contributed by atoms with van der Waals surface area (Å²) in [4.78, 5) is 24.8. The highest BCUT2D eigenvalue weighted by Gasteiger charge is 2.17. The lowest BCUT2D eigenvalue weighted by Crippen LogP contribution is -2.25. The molecule has 3 rings (SSSR count). The SMILES string of the molecule is CC(C)n1c(=O)sc2cc(NC(=O)c3ccc(N(C)S(C)(=O)=O)cc3Cl)ccc21. The third kappa shape index (κ3) is 4.31. The first-order valence-corrected chi connectivity index (χ1v) is 11.7. The molecule has 0 unspecified atom stereocenters. The van der Waals surface area contributed by atoms with Gasteiger partial charge in [0.1, 0.15) is 0 Å². The van der Waals surface area contributed by atoms with E-state index >= 15 is 0 Å². The number of hydrogen-bond donors (Lipinski definition) is 1. The number of sulfonamides is 1. The van der Waals surface area contributed by atoms with E-state index in [1.165, 1.54) is 25.2 Å². The van der Waals surface area contributed by atoms with Gasteiger partial charge in [-0.3, -0.25) is 18.5 Å². The normalized spacial score (nSPS) is 11.8. The van der Waals surface area contributed by atoms with E-state index in [9.17, 15) is 18.0 Å². The maximum atomic E-state index is 12.6. The number of hydrogen-bond acceptors (Lipinski definition) is 5. The molecule has 0 saturated carbocycles. The number of halogens is 1. The van der Waals surface area contributed by atoms with E-state index < -0.39 is 15.9 Å². The number of nitrogens with one attached hydrogen (secondary N) is 1. The lowest BCUT2D eigenvalue weighted by atomic mass is 10.2. The van der Waals surface area contributed by atoms with Gasteiger partial charge in [0, 0.05) is 18.8 Å². The lowest BCUT2D eigenvalue weighted by molar-refractivity contribution is 0.102. The van der Waals surface area contributed by atoms with Gasteiger partial charge < -0.3 is 5.32 Å². The fourth-order valence-electron chi connectivity index (χ4n) is 2.88. The minimum atomic E-state index is -3.44. The third-order valence-electron chi connectivity index (χ3n) is 4.45. The van der Waals surface area contributed by atoms with Crippen molar-refractivity contribution in [2.24, 2.45) is 0 Å². The molecule has 0 fully saturated rings. The van der Waals surface area contributed by atoms with Gasteiger partial charge in [-0.05, 0) is 50.2 Å². The summed E-state index contributed by atoms with van der Waals surface area (Å²) in [5.41, 5.74) is 1.92. The second-order valence-electron chi connectivity index (χ2n) is 6.86. The van der Waals surface area contributed by atoms with Gasteiger partial charge in [-0.2, -0.15) is 0 Å². The van der Waals surface area contributed by atoms with E-state index in [4.69, 9.17) is 11.6 Å². The molecule has 0 radical (unpaired) electrons. The van der Waals surface area contributed by atoms with Gasteiger partial charge in [0.15, 0.2) is 0 Å². The van der Waals surface area contributed by atoms with E-state index in [2.05, 4.69) is 5.32 Å². The van der Waals surface area contributed by atoms with Crippen molar-refractivity contribution in [3.05, 3.63) is 56.7 Å². The predicted octanol–water partition coefficient (Wildman–Crippen LogP) is 3.95. The van der Waals surface area contributed by atoms with Gasteiger partial charge in [0.05, 0.1) is 32.7 Å². The lowest BCUT2D eigenvalue weighted by Gasteiger charge is -2.17. The fourth-order valence-corrected chi connectivity index (χ4v) is 4.69. The molecule has 0 spiro atoms. The quantitative estimate of drug-likeness (QED) is 0.633. The average molecular weight is 454 g/mol. The molecule has 0 saturated heterocycles. The summed E-state index contributed by atoms with van der Waals surface area (Å²) in [7, 11) is -2.03. The number of rotatable bonds is 5. The van der Waals surface area contributed by atoms with Crippen LogP contribution in [-0.4, -0.2) is 32.2 Å². The third-order valence-corrected chi connectivity index (χ3v) is 6.88. The molecule has 10 heteroatoms. The van der Waals surface area contributed by atoms with Gasteiger partial charge in [0.2, 0.25) is 10.0 Å². The Balaban J connectivity index is 1.88. The second-order valence-corrected chi connectivity index (χ2v) is 10.3. The van der Waals surface area contributed by atoms with Gasteiger partial charge in [-0.15, -0.1) is 0 Å². The smallest absolute Gasteiger partial charge is 0.308 e. The summed E-state index contributed by atoms with van der Waals surface area (Å²) >= 11 is 7.34. The summed E-state index contributed by atoms with van der Waals surface area (Å²) in [6.07, 6.45) is 1.08. The minimum Gasteiger partial charge on any atom is -0.322 e. The van der Waals surface area contributed by atoms with Crippen molar-refractivity contribution in [1.29, 1.82) is 0 Å². The van der Waals surface area contributed by atoms with Crippen LogP contribution in [0.3, 0.4) is 0 Å². The molecule has 154 valence electrons. The van der Waals surface area contributed by atoms with Crippen molar-refractivity contribution in [3.63, 3.8) is 0 Å². The van der Waals surface area contributed by atoms with Gasteiger partial charge >= 0.3 is 4.87 Å². The zero-order valence-corrected chi connectivity index (χ0v) is 18.7. The van der Waals surface area contributed by atoms with Crippen LogP contribution < -0.4 is 14.5 Å². The summed E-state index contributed by atoms with van der Waals surface area (Å²) in [5.74, 6) is -0.432. The molecule has 1 aromatic heterocycles. The van der Waals surface area contributed by atoms with Crippen molar-refractivity contribution in [3.8, 4) is 0 Å².